The van der Waals surface area contributed by atoms with Crippen LogP contribution >= 0.6 is 15.9 Å². The maximum atomic E-state index is 13.0. The summed E-state index contributed by atoms with van der Waals surface area (Å²) in [5.74, 6) is 1.94. The van der Waals surface area contributed by atoms with Crippen molar-refractivity contribution in [2.24, 2.45) is 5.10 Å². The Kier molecular flexibility index (Phi) is 6.27. The Bertz CT molecular complexity index is 1200. The van der Waals surface area contributed by atoms with Crippen LogP contribution in [0, 0.1) is 6.92 Å². The minimum Gasteiger partial charge on any atom is -0.496 e. The van der Waals surface area contributed by atoms with E-state index in [1.807, 2.05) is 24.3 Å². The Balaban J connectivity index is 1.76. The minimum absolute atomic E-state index is 0.226. The molecule has 7 nitrogen and oxygen atoms in total. The molecule has 4 rings (SSSR count). The Hall–Kier alpha value is -2.87. The number of anilines is 1. The van der Waals surface area contributed by atoms with Crippen molar-refractivity contribution in [1.82, 2.24) is 9.66 Å². The summed E-state index contributed by atoms with van der Waals surface area (Å²) in [5.41, 5.74) is 2.15. The molecular weight excluding hydrogens is 460 g/mol. The van der Waals surface area contributed by atoms with Gasteiger partial charge in [-0.05, 0) is 50.5 Å². The van der Waals surface area contributed by atoms with E-state index in [1.165, 1.54) is 23.9 Å². The molecule has 1 aromatic heterocycles. The first-order valence-corrected chi connectivity index (χ1v) is 11.1. The molecule has 0 unspecified atom stereocenters. The number of ether oxygens (including phenoxy) is 2. The van der Waals surface area contributed by atoms with E-state index < -0.39 is 0 Å². The highest BCUT2D eigenvalue weighted by atomic mass is 79.9. The van der Waals surface area contributed by atoms with Gasteiger partial charge in [-0.2, -0.15) is 9.78 Å². The van der Waals surface area contributed by atoms with E-state index in [-0.39, 0.29) is 5.56 Å². The fourth-order valence-corrected chi connectivity index (χ4v) is 4.26. The lowest BCUT2D eigenvalue weighted by atomic mass is 10.1. The molecule has 2 aromatic carbocycles. The van der Waals surface area contributed by atoms with Gasteiger partial charge in [-0.3, -0.25) is 4.79 Å². The van der Waals surface area contributed by atoms with Crippen molar-refractivity contribution in [3.05, 3.63) is 56.5 Å². The average molecular weight is 485 g/mol. The van der Waals surface area contributed by atoms with Crippen LogP contribution in [-0.4, -0.2) is 43.2 Å². The fourth-order valence-electron chi connectivity index (χ4n) is 3.90. The van der Waals surface area contributed by atoms with E-state index in [2.05, 4.69) is 30.9 Å². The molecule has 0 atom stereocenters. The lowest BCUT2D eigenvalue weighted by molar-refractivity contribution is 0.401. The third-order valence-electron chi connectivity index (χ3n) is 5.51. The molecule has 2 heterocycles. The molecule has 0 spiro atoms. The zero-order chi connectivity index (χ0) is 22.0. The monoisotopic (exact) mass is 484 g/mol. The van der Waals surface area contributed by atoms with E-state index >= 15 is 0 Å². The molecule has 0 N–H and O–H groups in total. The van der Waals surface area contributed by atoms with Gasteiger partial charge in [-0.1, -0.05) is 15.9 Å². The molecule has 1 aliphatic heterocycles. The van der Waals surface area contributed by atoms with Crippen molar-refractivity contribution < 1.29 is 9.47 Å². The maximum Gasteiger partial charge on any atom is 0.282 e. The minimum atomic E-state index is -0.226. The summed E-state index contributed by atoms with van der Waals surface area (Å²) >= 11 is 3.41. The number of benzene rings is 2. The van der Waals surface area contributed by atoms with E-state index in [4.69, 9.17) is 9.47 Å². The highest BCUT2D eigenvalue weighted by Gasteiger charge is 2.18. The van der Waals surface area contributed by atoms with Gasteiger partial charge in [0.15, 0.2) is 0 Å². The topological polar surface area (TPSA) is 69.0 Å². The Morgan fingerprint density at radius 1 is 1.06 bits per heavy atom. The number of rotatable bonds is 5. The van der Waals surface area contributed by atoms with Crippen LogP contribution in [0.25, 0.3) is 10.9 Å². The van der Waals surface area contributed by atoms with Gasteiger partial charge >= 0.3 is 0 Å². The number of piperidine rings is 1. The predicted molar refractivity (Wildman–Crippen MR) is 127 cm³/mol. The van der Waals surface area contributed by atoms with E-state index in [0.29, 0.717) is 22.5 Å². The summed E-state index contributed by atoms with van der Waals surface area (Å²) in [7, 11) is 3.29. The number of fused-ring (bicyclic) bond motifs is 1. The number of nitrogens with zero attached hydrogens (tertiary/aromatic N) is 4. The van der Waals surface area contributed by atoms with Crippen LogP contribution in [0.2, 0.25) is 0 Å². The molecule has 0 aliphatic carbocycles. The second-order valence-corrected chi connectivity index (χ2v) is 8.41. The van der Waals surface area contributed by atoms with Gasteiger partial charge < -0.3 is 14.4 Å². The third kappa shape index (κ3) is 4.30. The molecule has 0 radical (unpaired) electrons. The van der Waals surface area contributed by atoms with Crippen molar-refractivity contribution in [1.29, 1.82) is 0 Å². The van der Waals surface area contributed by atoms with Gasteiger partial charge in [0.25, 0.3) is 5.56 Å². The van der Waals surface area contributed by atoms with Crippen LogP contribution < -0.4 is 19.9 Å². The van der Waals surface area contributed by atoms with Crippen molar-refractivity contribution in [3.63, 3.8) is 0 Å². The van der Waals surface area contributed by atoms with Gasteiger partial charge in [0.05, 0.1) is 37.0 Å². The lowest BCUT2D eigenvalue weighted by Crippen LogP contribution is -2.29. The van der Waals surface area contributed by atoms with Crippen LogP contribution in [0.1, 0.15) is 30.7 Å². The summed E-state index contributed by atoms with van der Waals surface area (Å²) < 4.78 is 13.4. The molecule has 31 heavy (non-hydrogen) atoms. The Morgan fingerprint density at radius 3 is 2.52 bits per heavy atom. The summed E-state index contributed by atoms with van der Waals surface area (Å²) in [6.45, 7) is 3.76. The fraction of sp³-hybridized carbons (Fsp3) is 0.348. The van der Waals surface area contributed by atoms with Crippen LogP contribution in [0.15, 0.2) is 44.7 Å². The van der Waals surface area contributed by atoms with Gasteiger partial charge in [-0.25, -0.2) is 4.98 Å². The highest BCUT2D eigenvalue weighted by Crippen LogP contribution is 2.36. The van der Waals surface area contributed by atoms with Gasteiger partial charge in [0.2, 0.25) is 0 Å². The van der Waals surface area contributed by atoms with E-state index in [0.717, 1.165) is 34.6 Å². The van der Waals surface area contributed by atoms with Crippen LogP contribution in [0.3, 0.4) is 0 Å². The summed E-state index contributed by atoms with van der Waals surface area (Å²) in [4.78, 5) is 19.8. The third-order valence-corrected chi connectivity index (χ3v) is 6.00. The van der Waals surface area contributed by atoms with Gasteiger partial charge in [0.1, 0.15) is 17.3 Å². The standard InChI is InChI=1S/C23H25BrN4O3/c1-15-26-19-8-7-17(24)12-18(19)23(29)28(15)25-14-16-11-22(31-3)20(13-21(16)30-2)27-9-5-4-6-10-27/h7-8,11-14H,4-6,9-10H2,1-3H3. The Morgan fingerprint density at radius 2 is 1.81 bits per heavy atom. The van der Waals surface area contributed by atoms with Crippen molar-refractivity contribution in [2.75, 3.05) is 32.2 Å². The smallest absolute Gasteiger partial charge is 0.282 e. The molecule has 0 amide bonds. The van der Waals surface area contributed by atoms with E-state index in [1.54, 1.807) is 33.4 Å². The average Bonchev–Trinajstić information content (AvgIpc) is 2.79. The number of hydrogen-bond acceptors (Lipinski definition) is 6. The summed E-state index contributed by atoms with van der Waals surface area (Å²) in [5, 5.41) is 4.94. The lowest BCUT2D eigenvalue weighted by Gasteiger charge is -2.30. The first-order chi connectivity index (χ1) is 15.0. The predicted octanol–water partition coefficient (Wildman–Crippen LogP) is 4.36. The molecule has 0 saturated carbocycles. The van der Waals surface area contributed by atoms with E-state index in [9.17, 15) is 4.79 Å². The second-order valence-electron chi connectivity index (χ2n) is 7.50. The number of halogens is 1. The van der Waals surface area contributed by atoms with Gasteiger partial charge in [-0.15, -0.1) is 0 Å². The summed E-state index contributed by atoms with van der Waals surface area (Å²) in [6.07, 6.45) is 5.20. The molecule has 1 fully saturated rings. The zero-order valence-electron chi connectivity index (χ0n) is 17.9. The largest absolute Gasteiger partial charge is 0.496 e. The van der Waals surface area contributed by atoms with Crippen LogP contribution in [-0.2, 0) is 0 Å². The molecular formula is C23H25BrN4O3. The maximum absolute atomic E-state index is 13.0. The summed E-state index contributed by atoms with van der Waals surface area (Å²) in [6, 6.07) is 9.32. The number of aryl methyl sites for hydroxylation is 1. The second kappa shape index (κ2) is 9.09. The van der Waals surface area contributed by atoms with Gasteiger partial charge in [0, 0.05) is 29.2 Å². The van der Waals surface area contributed by atoms with Crippen molar-refractivity contribution in [2.45, 2.75) is 26.2 Å². The highest BCUT2D eigenvalue weighted by molar-refractivity contribution is 9.10. The van der Waals surface area contributed by atoms with Crippen molar-refractivity contribution >= 4 is 38.7 Å². The molecule has 1 aliphatic rings. The molecule has 8 heteroatoms. The molecule has 0 bridgehead atoms. The Labute approximate surface area is 189 Å². The van der Waals surface area contributed by atoms with Crippen LogP contribution in [0.5, 0.6) is 11.5 Å². The number of hydrogen-bond donors (Lipinski definition) is 0. The quantitative estimate of drug-likeness (QED) is 0.503. The molecule has 162 valence electrons. The molecule has 1 saturated heterocycles. The van der Waals surface area contributed by atoms with Crippen molar-refractivity contribution in [3.8, 4) is 11.5 Å². The number of aromatic nitrogens is 2. The SMILES string of the molecule is COc1cc(N2CCCCC2)c(OC)cc1C=Nn1c(C)nc2ccc(Br)cc2c1=O. The normalized spacial score (nSPS) is 14.4. The first-order valence-electron chi connectivity index (χ1n) is 10.3. The number of methoxy groups -OCH3 is 2. The first kappa shape index (κ1) is 21.4. The van der Waals surface area contributed by atoms with Crippen LogP contribution in [0.4, 0.5) is 5.69 Å². The molecule has 3 aromatic rings. The zero-order valence-corrected chi connectivity index (χ0v) is 19.5.